The fraction of sp³-hybridized carbons (Fsp3) is 0.254. The maximum Gasteiger partial charge on any atom is 0.343 e. The molecule has 0 aliphatic rings. The van der Waals surface area contributed by atoms with Gasteiger partial charge in [-0.05, 0) is 160 Å². The Kier molecular flexibility index (Phi) is 17.6. The van der Waals surface area contributed by atoms with Gasteiger partial charge in [-0.1, -0.05) is 58.4 Å². The highest BCUT2D eigenvalue weighted by molar-refractivity contribution is 5.95. The first-order chi connectivity index (χ1) is 38.1. The molecular formula is C63H61N5O10. The van der Waals surface area contributed by atoms with Gasteiger partial charge in [-0.15, -0.1) is 0 Å². The molecule has 0 spiro atoms. The Bertz CT molecular complexity index is 3300. The number of nitrogens with zero attached hydrogens (tertiary/aromatic N) is 5. The Labute approximate surface area is 452 Å². The lowest BCUT2D eigenvalue weighted by Crippen LogP contribution is -2.10. The van der Waals surface area contributed by atoms with Crippen LogP contribution in [-0.4, -0.2) is 61.2 Å². The van der Waals surface area contributed by atoms with Gasteiger partial charge in [0.25, 0.3) is 0 Å². The average Bonchev–Trinajstić information content (AvgIpc) is 4.06. The van der Waals surface area contributed by atoms with E-state index in [0.717, 1.165) is 49.6 Å². The number of benzene rings is 6. The molecule has 0 radical (unpaired) electrons. The molecule has 3 heterocycles. The molecule has 0 aliphatic carbocycles. The number of esters is 4. The Balaban J connectivity index is 0.820. The van der Waals surface area contributed by atoms with E-state index < -0.39 is 23.9 Å². The molecular weight excluding hydrogens is 987 g/mol. The van der Waals surface area contributed by atoms with Gasteiger partial charge in [0, 0.05) is 25.2 Å². The van der Waals surface area contributed by atoms with Gasteiger partial charge in [-0.2, -0.15) is 0 Å². The molecule has 0 amide bonds. The normalized spacial score (nSPS) is 11.1. The number of carbonyl (C=O) groups excluding carboxylic acids is 4. The predicted octanol–water partition coefficient (Wildman–Crippen LogP) is 13.9. The van der Waals surface area contributed by atoms with Crippen molar-refractivity contribution in [3.63, 3.8) is 0 Å². The summed E-state index contributed by atoms with van der Waals surface area (Å²) in [5, 5.41) is 0. The molecule has 0 bridgehead atoms. The van der Waals surface area contributed by atoms with Crippen molar-refractivity contribution in [3.8, 4) is 57.5 Å². The van der Waals surface area contributed by atoms with Crippen LogP contribution in [0, 0.1) is 0 Å². The molecule has 0 saturated heterocycles. The monoisotopic (exact) mass is 1050 g/mol. The first-order valence-corrected chi connectivity index (χ1v) is 26.6. The zero-order valence-corrected chi connectivity index (χ0v) is 44.2. The van der Waals surface area contributed by atoms with Gasteiger partial charge in [-0.3, -0.25) is 0 Å². The van der Waals surface area contributed by atoms with Crippen LogP contribution in [0.5, 0.6) is 34.5 Å². The number of aromatic nitrogens is 5. The molecule has 0 saturated carbocycles. The SMILES string of the molecule is CCCCCCOc1ccc(C(=O)Oc2ccc(C(=O)Oc3ccc4c(c3)nc(-c3cccc(-c5nc6cc(OC(=O)c7ccc(OC(=O)c8ccc(OCCCCCC)cc8)cc7)ccc6n5CC)n3)n4CC)cc2)cc1. The Morgan fingerprint density at radius 1 is 0.372 bits per heavy atom. The summed E-state index contributed by atoms with van der Waals surface area (Å²) < 4.78 is 38.4. The highest BCUT2D eigenvalue weighted by Gasteiger charge is 2.20. The summed E-state index contributed by atoms with van der Waals surface area (Å²) in [6.45, 7) is 10.8. The highest BCUT2D eigenvalue weighted by atomic mass is 16.5. The quantitative estimate of drug-likeness (QED) is 0.0318. The Morgan fingerprint density at radius 3 is 1.05 bits per heavy atom. The summed E-state index contributed by atoms with van der Waals surface area (Å²) in [6.07, 6.45) is 8.89. The van der Waals surface area contributed by atoms with E-state index in [1.807, 2.05) is 53.3 Å². The molecule has 0 unspecified atom stereocenters. The third-order valence-electron chi connectivity index (χ3n) is 13.0. The van der Waals surface area contributed by atoms with Crippen molar-refractivity contribution < 1.29 is 47.6 Å². The Hall–Kier alpha value is -9.11. The van der Waals surface area contributed by atoms with E-state index in [0.29, 0.717) is 94.5 Å². The van der Waals surface area contributed by atoms with Gasteiger partial charge in [0.15, 0.2) is 11.6 Å². The summed E-state index contributed by atoms with van der Waals surface area (Å²) in [6, 6.07) is 42.3. The zero-order chi connectivity index (χ0) is 54.4. The molecule has 15 nitrogen and oxygen atoms in total. The molecule has 9 rings (SSSR count). The number of ether oxygens (including phenoxy) is 6. The van der Waals surface area contributed by atoms with E-state index in [-0.39, 0.29) is 22.6 Å². The molecule has 0 fully saturated rings. The molecule has 9 aromatic rings. The maximum absolute atomic E-state index is 13.3. The fourth-order valence-corrected chi connectivity index (χ4v) is 8.86. The Morgan fingerprint density at radius 2 is 0.705 bits per heavy atom. The second kappa shape index (κ2) is 25.6. The second-order valence-electron chi connectivity index (χ2n) is 18.5. The molecule has 15 heteroatoms. The molecule has 3 aromatic heterocycles. The fourth-order valence-electron chi connectivity index (χ4n) is 8.86. The van der Waals surface area contributed by atoms with Crippen molar-refractivity contribution in [3.05, 3.63) is 174 Å². The summed E-state index contributed by atoms with van der Waals surface area (Å²) in [7, 11) is 0. The van der Waals surface area contributed by atoms with Gasteiger partial charge in [0.1, 0.15) is 45.9 Å². The third-order valence-corrected chi connectivity index (χ3v) is 13.0. The topological polar surface area (TPSA) is 172 Å². The zero-order valence-electron chi connectivity index (χ0n) is 44.2. The average molecular weight is 1050 g/mol. The number of pyridine rings is 1. The van der Waals surface area contributed by atoms with Crippen LogP contribution in [-0.2, 0) is 13.1 Å². The maximum atomic E-state index is 13.3. The smallest absolute Gasteiger partial charge is 0.343 e. The number of imidazole rings is 2. The molecule has 78 heavy (non-hydrogen) atoms. The summed E-state index contributed by atoms with van der Waals surface area (Å²) in [5.41, 5.74) is 5.39. The van der Waals surface area contributed by atoms with Gasteiger partial charge in [0.2, 0.25) is 0 Å². The summed E-state index contributed by atoms with van der Waals surface area (Å²) >= 11 is 0. The number of carbonyl (C=O) groups is 4. The van der Waals surface area contributed by atoms with Crippen molar-refractivity contribution in [1.82, 2.24) is 24.1 Å². The lowest BCUT2D eigenvalue weighted by Gasteiger charge is -2.09. The largest absolute Gasteiger partial charge is 0.494 e. The van der Waals surface area contributed by atoms with E-state index >= 15 is 0 Å². The van der Waals surface area contributed by atoms with Crippen LogP contribution in [0.4, 0.5) is 0 Å². The molecule has 0 N–H and O–H groups in total. The van der Waals surface area contributed by atoms with Gasteiger partial charge >= 0.3 is 23.9 Å². The molecule has 0 aliphatic heterocycles. The van der Waals surface area contributed by atoms with Gasteiger partial charge in [-0.25, -0.2) is 34.1 Å². The predicted molar refractivity (Wildman–Crippen MR) is 298 cm³/mol. The van der Waals surface area contributed by atoms with Crippen LogP contribution >= 0.6 is 0 Å². The van der Waals surface area contributed by atoms with Crippen LogP contribution in [0.15, 0.2) is 152 Å². The third kappa shape index (κ3) is 13.1. The van der Waals surface area contributed by atoms with E-state index in [1.54, 1.807) is 121 Å². The van der Waals surface area contributed by atoms with Crippen molar-refractivity contribution in [2.75, 3.05) is 13.2 Å². The van der Waals surface area contributed by atoms with Gasteiger partial charge in [0.05, 0.1) is 57.5 Å². The van der Waals surface area contributed by atoms with Crippen LogP contribution in [0.25, 0.3) is 45.1 Å². The molecule has 6 aromatic carbocycles. The minimum atomic E-state index is -0.588. The minimum Gasteiger partial charge on any atom is -0.494 e. The number of aryl methyl sites for hydroxylation is 2. The number of hydrogen-bond donors (Lipinski definition) is 0. The highest BCUT2D eigenvalue weighted by Crippen LogP contribution is 2.32. The lowest BCUT2D eigenvalue weighted by atomic mass is 10.2. The minimum absolute atomic E-state index is 0.271. The molecule has 0 atom stereocenters. The van der Waals surface area contributed by atoms with Crippen molar-refractivity contribution in [2.24, 2.45) is 0 Å². The van der Waals surface area contributed by atoms with Crippen LogP contribution in [0.2, 0.25) is 0 Å². The van der Waals surface area contributed by atoms with E-state index in [9.17, 15) is 19.2 Å². The van der Waals surface area contributed by atoms with Crippen LogP contribution in [0.1, 0.15) is 120 Å². The van der Waals surface area contributed by atoms with E-state index in [4.69, 9.17) is 43.4 Å². The number of hydrogen-bond acceptors (Lipinski definition) is 13. The standard InChI is InChI=1S/C63H61N5O10/c1-5-9-11-13-38-73-46-26-18-42(19-27-46)60(69)75-48-30-22-44(23-31-48)62(71)77-50-34-36-56-54(40-50)65-58(67(56)7-3)52-16-15-17-53(64-52)59-66-55-41-51(35-37-57(55)68(59)8-4)78-63(72)45-24-32-49(33-25-45)76-61(70)43-20-28-47(29-21-43)74-39-14-12-10-6-2/h15-37,40-41H,5-14,38-39H2,1-4H3. The van der Waals surface area contributed by atoms with Crippen molar-refractivity contribution in [2.45, 2.75) is 92.2 Å². The summed E-state index contributed by atoms with van der Waals surface area (Å²) in [5.74, 6) is 1.57. The summed E-state index contributed by atoms with van der Waals surface area (Å²) in [4.78, 5) is 67.3. The van der Waals surface area contributed by atoms with E-state index in [1.165, 1.54) is 12.8 Å². The number of rotatable bonds is 24. The van der Waals surface area contributed by atoms with Gasteiger partial charge < -0.3 is 37.6 Å². The van der Waals surface area contributed by atoms with E-state index in [2.05, 4.69) is 13.8 Å². The van der Waals surface area contributed by atoms with Crippen molar-refractivity contribution in [1.29, 1.82) is 0 Å². The first kappa shape index (κ1) is 53.7. The van der Waals surface area contributed by atoms with Crippen LogP contribution < -0.4 is 28.4 Å². The van der Waals surface area contributed by atoms with Crippen LogP contribution in [0.3, 0.4) is 0 Å². The second-order valence-corrected chi connectivity index (χ2v) is 18.5. The molecule has 398 valence electrons. The first-order valence-electron chi connectivity index (χ1n) is 26.6. The number of unbranched alkanes of at least 4 members (excludes halogenated alkanes) is 6. The number of fused-ring (bicyclic) bond motifs is 2. The van der Waals surface area contributed by atoms with Crippen molar-refractivity contribution >= 4 is 45.9 Å². The lowest BCUT2D eigenvalue weighted by molar-refractivity contribution is 0.0720.